The zero-order chi connectivity index (χ0) is 6.69. The van der Waals surface area contributed by atoms with Gasteiger partial charge in [0.2, 0.25) is 0 Å². The van der Waals surface area contributed by atoms with Gasteiger partial charge in [-0.1, -0.05) is 5.57 Å². The summed E-state index contributed by atoms with van der Waals surface area (Å²) < 4.78 is 0. The summed E-state index contributed by atoms with van der Waals surface area (Å²) in [6.07, 6.45) is 4.61. The van der Waals surface area contributed by atoms with Crippen LogP contribution in [0.15, 0.2) is 11.6 Å². The molecule has 0 amide bonds. The maximum Gasteiger partial charge on any atom is 0.0911 e. The normalized spacial score (nSPS) is 30.7. The predicted molar refractivity (Wildman–Crippen MR) is 35.5 cm³/mol. The molecule has 9 heavy (non-hydrogen) atoms. The number of nitriles is 1. The SMILES string of the molecule is N#C/C=C1\CC[C@H](N)C1. The Bertz CT molecular complexity index is 164. The van der Waals surface area contributed by atoms with E-state index in [4.69, 9.17) is 11.0 Å². The first-order chi connectivity index (χ1) is 4.33. The van der Waals surface area contributed by atoms with Gasteiger partial charge in [-0.15, -0.1) is 0 Å². The van der Waals surface area contributed by atoms with Crippen molar-refractivity contribution in [2.45, 2.75) is 25.3 Å². The van der Waals surface area contributed by atoms with Crippen molar-refractivity contribution in [1.82, 2.24) is 0 Å². The van der Waals surface area contributed by atoms with Gasteiger partial charge in [-0.05, 0) is 19.3 Å². The Kier molecular flexibility index (Phi) is 1.86. The van der Waals surface area contributed by atoms with Gasteiger partial charge in [0.1, 0.15) is 0 Å². The van der Waals surface area contributed by atoms with Crippen LogP contribution < -0.4 is 5.73 Å². The Labute approximate surface area is 55.0 Å². The molecule has 0 aliphatic heterocycles. The molecule has 1 atom stereocenters. The fourth-order valence-corrected chi connectivity index (χ4v) is 1.13. The van der Waals surface area contributed by atoms with Gasteiger partial charge < -0.3 is 5.73 Å². The number of nitrogens with two attached hydrogens (primary N) is 1. The lowest BCUT2D eigenvalue weighted by molar-refractivity contribution is 0.711. The first-order valence-corrected chi connectivity index (χ1v) is 3.16. The van der Waals surface area contributed by atoms with E-state index >= 15 is 0 Å². The minimum Gasteiger partial charge on any atom is -0.327 e. The van der Waals surface area contributed by atoms with Crippen LogP contribution in [-0.2, 0) is 0 Å². The molecular formula is C7H10N2. The summed E-state index contributed by atoms with van der Waals surface area (Å²) in [5, 5.41) is 8.25. The highest BCUT2D eigenvalue weighted by atomic mass is 14.6. The number of hydrogen-bond donors (Lipinski definition) is 1. The second kappa shape index (κ2) is 2.65. The van der Waals surface area contributed by atoms with E-state index < -0.39 is 0 Å². The maximum absolute atomic E-state index is 8.25. The predicted octanol–water partition coefficient (Wildman–Crippen LogP) is 0.948. The van der Waals surface area contributed by atoms with E-state index in [1.54, 1.807) is 6.08 Å². The lowest BCUT2D eigenvalue weighted by Crippen LogP contribution is -2.13. The molecular weight excluding hydrogens is 112 g/mol. The van der Waals surface area contributed by atoms with Crippen LogP contribution in [0.4, 0.5) is 0 Å². The van der Waals surface area contributed by atoms with Crippen molar-refractivity contribution in [3.05, 3.63) is 11.6 Å². The molecule has 1 fully saturated rings. The van der Waals surface area contributed by atoms with Crippen LogP contribution in [-0.4, -0.2) is 6.04 Å². The van der Waals surface area contributed by atoms with Crippen molar-refractivity contribution in [2.75, 3.05) is 0 Å². The first kappa shape index (κ1) is 6.31. The highest BCUT2D eigenvalue weighted by molar-refractivity contribution is 5.17. The second-order valence-electron chi connectivity index (χ2n) is 2.43. The molecule has 0 spiro atoms. The number of nitrogens with zero attached hydrogens (tertiary/aromatic N) is 1. The molecule has 0 heterocycles. The summed E-state index contributed by atoms with van der Waals surface area (Å²) in [7, 11) is 0. The lowest BCUT2D eigenvalue weighted by Gasteiger charge is -1.93. The Morgan fingerprint density at radius 1 is 1.78 bits per heavy atom. The van der Waals surface area contributed by atoms with Crippen LogP contribution in [0.2, 0.25) is 0 Å². The molecule has 1 aliphatic rings. The fourth-order valence-electron chi connectivity index (χ4n) is 1.13. The second-order valence-corrected chi connectivity index (χ2v) is 2.43. The largest absolute Gasteiger partial charge is 0.327 e. The summed E-state index contributed by atoms with van der Waals surface area (Å²) in [5.74, 6) is 0. The van der Waals surface area contributed by atoms with Gasteiger partial charge >= 0.3 is 0 Å². The molecule has 0 unspecified atom stereocenters. The van der Waals surface area contributed by atoms with Crippen molar-refractivity contribution >= 4 is 0 Å². The van der Waals surface area contributed by atoms with E-state index in [1.165, 1.54) is 5.57 Å². The van der Waals surface area contributed by atoms with E-state index in [2.05, 4.69) is 0 Å². The van der Waals surface area contributed by atoms with E-state index in [-0.39, 0.29) is 0 Å². The minimum atomic E-state index is 0.310. The third-order valence-electron chi connectivity index (χ3n) is 1.63. The molecule has 0 aromatic rings. The van der Waals surface area contributed by atoms with Crippen LogP contribution in [0.25, 0.3) is 0 Å². The zero-order valence-corrected chi connectivity index (χ0v) is 5.30. The number of rotatable bonds is 0. The molecule has 2 heteroatoms. The number of hydrogen-bond acceptors (Lipinski definition) is 2. The molecule has 48 valence electrons. The van der Waals surface area contributed by atoms with Crippen LogP contribution >= 0.6 is 0 Å². The van der Waals surface area contributed by atoms with Gasteiger partial charge in [0.05, 0.1) is 6.07 Å². The van der Waals surface area contributed by atoms with Gasteiger partial charge in [-0.3, -0.25) is 0 Å². The van der Waals surface area contributed by atoms with Gasteiger partial charge in [-0.25, -0.2) is 0 Å². The molecule has 1 aliphatic carbocycles. The molecule has 2 N–H and O–H groups in total. The molecule has 0 saturated heterocycles. The van der Waals surface area contributed by atoms with Crippen molar-refractivity contribution in [2.24, 2.45) is 5.73 Å². The third-order valence-corrected chi connectivity index (χ3v) is 1.63. The third kappa shape index (κ3) is 1.55. The quantitative estimate of drug-likeness (QED) is 0.486. The average molecular weight is 122 g/mol. The first-order valence-electron chi connectivity index (χ1n) is 3.16. The van der Waals surface area contributed by atoms with Gasteiger partial charge in [0, 0.05) is 12.1 Å². The van der Waals surface area contributed by atoms with Crippen molar-refractivity contribution in [1.29, 1.82) is 5.26 Å². The topological polar surface area (TPSA) is 49.8 Å². The van der Waals surface area contributed by atoms with Crippen molar-refractivity contribution in [3.63, 3.8) is 0 Å². The van der Waals surface area contributed by atoms with Gasteiger partial charge in [-0.2, -0.15) is 5.26 Å². The van der Waals surface area contributed by atoms with E-state index in [9.17, 15) is 0 Å². The molecule has 0 aromatic heterocycles. The van der Waals surface area contributed by atoms with E-state index in [1.807, 2.05) is 6.07 Å². The Morgan fingerprint density at radius 2 is 2.56 bits per heavy atom. The Morgan fingerprint density at radius 3 is 3.00 bits per heavy atom. The fraction of sp³-hybridized carbons (Fsp3) is 0.571. The highest BCUT2D eigenvalue weighted by Gasteiger charge is 2.14. The standard InChI is InChI=1S/C7H10N2/c8-4-3-6-1-2-7(9)5-6/h3,7H,1-2,5,9H2/b6-3+/t7-/m0/s1. The Balaban J connectivity index is 2.50. The van der Waals surface area contributed by atoms with Gasteiger partial charge in [0.15, 0.2) is 0 Å². The summed E-state index contributed by atoms with van der Waals surface area (Å²) in [4.78, 5) is 0. The smallest absolute Gasteiger partial charge is 0.0911 e. The minimum absolute atomic E-state index is 0.310. The summed E-state index contributed by atoms with van der Waals surface area (Å²) in [6.45, 7) is 0. The van der Waals surface area contributed by atoms with Crippen molar-refractivity contribution < 1.29 is 0 Å². The molecule has 1 rings (SSSR count). The van der Waals surface area contributed by atoms with E-state index in [0.717, 1.165) is 19.3 Å². The molecule has 1 saturated carbocycles. The highest BCUT2D eigenvalue weighted by Crippen LogP contribution is 2.22. The molecule has 2 nitrogen and oxygen atoms in total. The van der Waals surface area contributed by atoms with E-state index in [0.29, 0.717) is 6.04 Å². The molecule has 0 bridgehead atoms. The lowest BCUT2D eigenvalue weighted by atomic mass is 10.2. The number of allylic oxidation sites excluding steroid dienone is 1. The van der Waals surface area contributed by atoms with Crippen LogP contribution in [0.1, 0.15) is 19.3 Å². The van der Waals surface area contributed by atoms with Crippen LogP contribution in [0.3, 0.4) is 0 Å². The maximum atomic E-state index is 8.25. The zero-order valence-electron chi connectivity index (χ0n) is 5.30. The van der Waals surface area contributed by atoms with Crippen LogP contribution in [0, 0.1) is 11.3 Å². The summed E-state index contributed by atoms with van der Waals surface area (Å²) >= 11 is 0. The Hall–Kier alpha value is -0.810. The average Bonchev–Trinajstić information content (AvgIpc) is 2.17. The summed E-state index contributed by atoms with van der Waals surface area (Å²) in [6, 6.07) is 2.32. The van der Waals surface area contributed by atoms with Crippen LogP contribution in [0.5, 0.6) is 0 Å². The van der Waals surface area contributed by atoms with Gasteiger partial charge in [0.25, 0.3) is 0 Å². The summed E-state index contributed by atoms with van der Waals surface area (Å²) in [5.41, 5.74) is 6.82. The monoisotopic (exact) mass is 122 g/mol. The van der Waals surface area contributed by atoms with Crippen molar-refractivity contribution in [3.8, 4) is 6.07 Å². The molecule has 0 aromatic carbocycles. The molecule has 0 radical (unpaired) electrons.